The van der Waals surface area contributed by atoms with Crippen LogP contribution < -0.4 is 5.32 Å². The molecule has 7 nitrogen and oxygen atoms in total. The first-order valence-electron chi connectivity index (χ1n) is 13.1. The molecule has 40 heavy (non-hydrogen) atoms. The molecule has 1 unspecified atom stereocenters. The molecule has 1 N–H and O–H groups in total. The molecule has 0 aliphatic heterocycles. The van der Waals surface area contributed by atoms with Crippen molar-refractivity contribution in [3.05, 3.63) is 94.9 Å². The molecule has 198 valence electrons. The maximum Gasteiger partial charge on any atom is 0.227 e. The average Bonchev–Trinajstić information content (AvgIpc) is 3.32. The number of nitrogens with zero attached hydrogens (tertiary/aromatic N) is 5. The standard InChI is InChI=1S/C32H27FN6O/c1-3-21-17-28-27(30-29(19-37-28)39(2)38-31(30)23-7-5-20(18-35)6-8-23)16-24(21)15-26(32(40)36-14-4-13-34)22-9-11-25(33)12-10-22/h5-12,16-17,19,26H,3-4,14-15H2,1-2H3,(H,36,40). The van der Waals surface area contributed by atoms with Crippen molar-refractivity contribution in [3.8, 4) is 23.4 Å². The number of hydrogen-bond donors (Lipinski definition) is 1. The number of carbonyl (C=O) groups is 1. The number of benzene rings is 3. The summed E-state index contributed by atoms with van der Waals surface area (Å²) in [5.74, 6) is -1.14. The summed E-state index contributed by atoms with van der Waals surface area (Å²) in [6.07, 6.45) is 3.17. The van der Waals surface area contributed by atoms with E-state index in [1.807, 2.05) is 31.4 Å². The minimum atomic E-state index is -0.568. The number of rotatable bonds is 8. The van der Waals surface area contributed by atoms with Crippen LogP contribution in [0.1, 0.15) is 41.5 Å². The van der Waals surface area contributed by atoms with E-state index < -0.39 is 5.92 Å². The summed E-state index contributed by atoms with van der Waals surface area (Å²) in [4.78, 5) is 18.0. The molecule has 3 aromatic carbocycles. The van der Waals surface area contributed by atoms with Gasteiger partial charge in [0, 0.05) is 29.9 Å². The third-order valence-electron chi connectivity index (χ3n) is 7.22. The minimum absolute atomic E-state index is 0.208. The molecule has 1 atom stereocenters. The van der Waals surface area contributed by atoms with Crippen molar-refractivity contribution in [1.29, 1.82) is 10.5 Å². The van der Waals surface area contributed by atoms with Crippen LogP contribution in [0.15, 0.2) is 66.9 Å². The maximum absolute atomic E-state index is 13.7. The van der Waals surface area contributed by atoms with E-state index in [0.29, 0.717) is 17.5 Å². The highest BCUT2D eigenvalue weighted by Crippen LogP contribution is 2.35. The number of nitrogens with one attached hydrogen (secondary N) is 1. The molecule has 0 bridgehead atoms. The molecule has 2 heterocycles. The van der Waals surface area contributed by atoms with Gasteiger partial charge >= 0.3 is 0 Å². The van der Waals surface area contributed by atoms with Gasteiger partial charge in [0.15, 0.2) is 0 Å². The van der Waals surface area contributed by atoms with Crippen LogP contribution in [0.5, 0.6) is 0 Å². The van der Waals surface area contributed by atoms with Crippen LogP contribution in [0, 0.1) is 28.5 Å². The summed E-state index contributed by atoms with van der Waals surface area (Å²) in [5.41, 5.74) is 6.70. The number of halogens is 1. The van der Waals surface area contributed by atoms with Gasteiger partial charge in [-0.15, -0.1) is 0 Å². The molecule has 0 aliphatic rings. The molecule has 8 heteroatoms. The van der Waals surface area contributed by atoms with E-state index in [0.717, 1.165) is 50.6 Å². The van der Waals surface area contributed by atoms with E-state index in [-0.39, 0.29) is 24.7 Å². The molecule has 0 saturated carbocycles. The highest BCUT2D eigenvalue weighted by molar-refractivity contribution is 6.11. The Morgan fingerprint density at radius 2 is 1.82 bits per heavy atom. The van der Waals surface area contributed by atoms with Crippen molar-refractivity contribution >= 4 is 27.7 Å². The van der Waals surface area contributed by atoms with Gasteiger partial charge in [0.25, 0.3) is 0 Å². The molecule has 0 aliphatic carbocycles. The van der Waals surface area contributed by atoms with Crippen molar-refractivity contribution < 1.29 is 9.18 Å². The summed E-state index contributed by atoms with van der Waals surface area (Å²) in [5, 5.41) is 27.7. The maximum atomic E-state index is 13.7. The largest absolute Gasteiger partial charge is 0.355 e. The van der Waals surface area contributed by atoms with Crippen LogP contribution in [-0.2, 0) is 24.7 Å². The van der Waals surface area contributed by atoms with Gasteiger partial charge in [-0.25, -0.2) is 4.39 Å². The van der Waals surface area contributed by atoms with E-state index in [2.05, 4.69) is 30.4 Å². The van der Waals surface area contributed by atoms with Gasteiger partial charge in [0.1, 0.15) is 11.5 Å². The van der Waals surface area contributed by atoms with Crippen LogP contribution in [0.25, 0.3) is 33.1 Å². The van der Waals surface area contributed by atoms with Crippen LogP contribution in [0.2, 0.25) is 0 Å². The van der Waals surface area contributed by atoms with Gasteiger partial charge in [-0.05, 0) is 65.9 Å². The Labute approximate surface area is 231 Å². The van der Waals surface area contributed by atoms with Crippen LogP contribution in [-0.4, -0.2) is 27.2 Å². The zero-order valence-corrected chi connectivity index (χ0v) is 22.3. The number of pyridine rings is 1. The monoisotopic (exact) mass is 530 g/mol. The Balaban J connectivity index is 1.65. The minimum Gasteiger partial charge on any atom is -0.355 e. The smallest absolute Gasteiger partial charge is 0.227 e. The number of aromatic nitrogens is 3. The predicted molar refractivity (Wildman–Crippen MR) is 152 cm³/mol. The first-order valence-corrected chi connectivity index (χ1v) is 13.1. The van der Waals surface area contributed by atoms with Gasteiger partial charge in [-0.1, -0.05) is 31.2 Å². The van der Waals surface area contributed by atoms with Crippen molar-refractivity contribution in [3.63, 3.8) is 0 Å². The lowest BCUT2D eigenvalue weighted by Crippen LogP contribution is -2.31. The van der Waals surface area contributed by atoms with E-state index in [1.165, 1.54) is 12.1 Å². The molecule has 1 amide bonds. The number of nitriles is 2. The van der Waals surface area contributed by atoms with E-state index in [4.69, 9.17) is 15.3 Å². The summed E-state index contributed by atoms with van der Waals surface area (Å²) < 4.78 is 15.5. The Bertz CT molecular complexity index is 1790. The third-order valence-corrected chi connectivity index (χ3v) is 7.22. The Morgan fingerprint density at radius 3 is 2.50 bits per heavy atom. The second-order valence-corrected chi connectivity index (χ2v) is 9.68. The fraction of sp³-hybridized carbons (Fsp3) is 0.219. The number of hydrogen-bond acceptors (Lipinski definition) is 5. The topological polar surface area (TPSA) is 107 Å². The van der Waals surface area contributed by atoms with Crippen LogP contribution in [0.4, 0.5) is 4.39 Å². The quantitative estimate of drug-likeness (QED) is 0.258. The second kappa shape index (κ2) is 11.3. The van der Waals surface area contributed by atoms with Crippen molar-refractivity contribution in [2.24, 2.45) is 7.05 Å². The molecule has 0 spiro atoms. The molecule has 0 saturated heterocycles. The van der Waals surface area contributed by atoms with E-state index >= 15 is 0 Å². The zero-order valence-electron chi connectivity index (χ0n) is 22.3. The molecule has 2 aromatic heterocycles. The lowest BCUT2D eigenvalue weighted by molar-refractivity contribution is -0.122. The van der Waals surface area contributed by atoms with E-state index in [9.17, 15) is 14.4 Å². The van der Waals surface area contributed by atoms with Crippen LogP contribution >= 0.6 is 0 Å². The fourth-order valence-corrected chi connectivity index (χ4v) is 5.13. The summed E-state index contributed by atoms with van der Waals surface area (Å²) in [6.45, 7) is 2.31. The predicted octanol–water partition coefficient (Wildman–Crippen LogP) is 5.72. The van der Waals surface area contributed by atoms with E-state index in [1.54, 1.807) is 28.9 Å². The highest BCUT2D eigenvalue weighted by Gasteiger charge is 2.24. The summed E-state index contributed by atoms with van der Waals surface area (Å²) >= 11 is 0. The Kier molecular flexibility index (Phi) is 7.52. The molecular weight excluding hydrogens is 503 g/mol. The number of aryl methyl sites for hydroxylation is 2. The Hall–Kier alpha value is -5.08. The normalized spacial score (nSPS) is 11.7. The van der Waals surface area contributed by atoms with Crippen LogP contribution in [0.3, 0.4) is 0 Å². The number of carbonyl (C=O) groups excluding carboxylic acids is 1. The number of amides is 1. The molecule has 5 aromatic rings. The Morgan fingerprint density at radius 1 is 1.07 bits per heavy atom. The SMILES string of the molecule is CCc1cc2ncc3c(c(-c4ccc(C#N)cc4)nn3C)c2cc1CC(C(=O)NCCC#N)c1ccc(F)cc1. The third kappa shape index (κ3) is 5.12. The molecule has 0 radical (unpaired) electrons. The second-order valence-electron chi connectivity index (χ2n) is 9.68. The zero-order chi connectivity index (χ0) is 28.2. The molecular formula is C32H27FN6O. The van der Waals surface area contributed by atoms with Gasteiger partial charge in [-0.3, -0.25) is 14.5 Å². The summed E-state index contributed by atoms with van der Waals surface area (Å²) in [7, 11) is 1.88. The van der Waals surface area contributed by atoms with Crippen molar-refractivity contribution in [2.75, 3.05) is 6.54 Å². The first-order chi connectivity index (χ1) is 19.4. The lowest BCUT2D eigenvalue weighted by Gasteiger charge is -2.20. The van der Waals surface area contributed by atoms with Gasteiger partial charge < -0.3 is 5.32 Å². The molecule has 0 fully saturated rings. The van der Waals surface area contributed by atoms with Gasteiger partial charge in [-0.2, -0.15) is 15.6 Å². The van der Waals surface area contributed by atoms with Gasteiger partial charge in [0.2, 0.25) is 5.91 Å². The van der Waals surface area contributed by atoms with Crippen molar-refractivity contribution in [2.45, 2.75) is 32.1 Å². The summed E-state index contributed by atoms with van der Waals surface area (Å²) in [6, 6.07) is 21.7. The lowest BCUT2D eigenvalue weighted by atomic mass is 9.87. The highest BCUT2D eigenvalue weighted by atomic mass is 19.1. The molecule has 5 rings (SSSR count). The first kappa shape index (κ1) is 26.5. The number of fused-ring (bicyclic) bond motifs is 3. The van der Waals surface area contributed by atoms with Crippen molar-refractivity contribution in [1.82, 2.24) is 20.1 Å². The van der Waals surface area contributed by atoms with Gasteiger partial charge in [0.05, 0.1) is 47.3 Å². The average molecular weight is 531 g/mol. The fourth-order valence-electron chi connectivity index (χ4n) is 5.13.